The van der Waals surface area contributed by atoms with Crippen molar-refractivity contribution in [3.05, 3.63) is 77.1 Å². The number of hydrogen-bond acceptors (Lipinski definition) is 5. The minimum absolute atomic E-state index is 0.247. The van der Waals surface area contributed by atoms with Crippen molar-refractivity contribution in [2.45, 2.75) is 20.4 Å². The largest absolute Gasteiger partial charge is 0.497 e. The van der Waals surface area contributed by atoms with Crippen molar-refractivity contribution in [3.8, 4) is 5.75 Å². The van der Waals surface area contributed by atoms with E-state index in [-0.39, 0.29) is 5.91 Å². The van der Waals surface area contributed by atoms with Crippen LogP contribution in [0.3, 0.4) is 0 Å². The highest BCUT2D eigenvalue weighted by molar-refractivity contribution is 5.92. The van der Waals surface area contributed by atoms with Gasteiger partial charge in [-0.2, -0.15) is 0 Å². The van der Waals surface area contributed by atoms with E-state index in [0.29, 0.717) is 23.9 Å². The molecule has 3 aromatic rings. The topological polar surface area (TPSA) is 76.1 Å². The van der Waals surface area contributed by atoms with Crippen molar-refractivity contribution in [1.29, 1.82) is 0 Å². The van der Waals surface area contributed by atoms with E-state index in [0.717, 1.165) is 17.0 Å². The molecule has 6 nitrogen and oxygen atoms in total. The van der Waals surface area contributed by atoms with Gasteiger partial charge in [-0.25, -0.2) is 9.97 Å². The number of carbonyl (C=O) groups is 1. The Balaban J connectivity index is 1.68. The number of carbonyl (C=O) groups excluding carboxylic acids is 1. The molecular weight excluding hydrogens is 340 g/mol. The van der Waals surface area contributed by atoms with Crippen LogP contribution in [0, 0.1) is 13.8 Å². The number of methoxy groups -OCH3 is 1. The molecule has 0 aliphatic heterocycles. The van der Waals surface area contributed by atoms with Crippen LogP contribution in [0.5, 0.6) is 5.75 Å². The van der Waals surface area contributed by atoms with Crippen molar-refractivity contribution in [2.75, 3.05) is 12.4 Å². The van der Waals surface area contributed by atoms with Gasteiger partial charge in [0.05, 0.1) is 7.11 Å². The predicted molar refractivity (Wildman–Crippen MR) is 105 cm³/mol. The molecule has 138 valence electrons. The molecule has 3 rings (SSSR count). The zero-order valence-corrected chi connectivity index (χ0v) is 15.6. The molecule has 0 saturated heterocycles. The number of nitrogens with zero attached hydrogens (tertiary/aromatic N) is 2. The lowest BCUT2D eigenvalue weighted by atomic mass is 10.2. The van der Waals surface area contributed by atoms with Crippen molar-refractivity contribution in [2.24, 2.45) is 0 Å². The maximum Gasteiger partial charge on any atom is 0.270 e. The van der Waals surface area contributed by atoms with Gasteiger partial charge >= 0.3 is 0 Å². The average Bonchev–Trinajstić information content (AvgIpc) is 2.68. The highest BCUT2D eigenvalue weighted by atomic mass is 16.5. The number of ether oxygens (including phenoxy) is 1. The van der Waals surface area contributed by atoms with Gasteiger partial charge in [0.15, 0.2) is 0 Å². The molecule has 2 N–H and O–H groups in total. The summed E-state index contributed by atoms with van der Waals surface area (Å²) in [5.74, 6) is 0.931. The lowest BCUT2D eigenvalue weighted by Crippen LogP contribution is -2.24. The van der Waals surface area contributed by atoms with Gasteiger partial charge in [0.1, 0.15) is 11.4 Å². The summed E-state index contributed by atoms with van der Waals surface area (Å²) in [5, 5.41) is 6.02. The number of benzene rings is 2. The molecule has 0 atom stereocenters. The zero-order chi connectivity index (χ0) is 19.2. The summed E-state index contributed by atoms with van der Waals surface area (Å²) in [6, 6.07) is 17.1. The number of amides is 1. The van der Waals surface area contributed by atoms with Crippen molar-refractivity contribution in [3.63, 3.8) is 0 Å². The van der Waals surface area contributed by atoms with Crippen LogP contribution < -0.4 is 15.4 Å². The first-order valence-corrected chi connectivity index (χ1v) is 8.64. The molecule has 0 aliphatic carbocycles. The Morgan fingerprint density at radius 3 is 2.37 bits per heavy atom. The van der Waals surface area contributed by atoms with Gasteiger partial charge in [-0.1, -0.05) is 29.8 Å². The minimum atomic E-state index is -0.247. The Kier molecular flexibility index (Phi) is 5.66. The predicted octanol–water partition coefficient (Wildman–Crippen LogP) is 3.78. The highest BCUT2D eigenvalue weighted by Gasteiger charge is 2.11. The maximum absolute atomic E-state index is 12.5. The Bertz CT molecular complexity index is 922. The monoisotopic (exact) mass is 362 g/mol. The van der Waals surface area contributed by atoms with Crippen molar-refractivity contribution < 1.29 is 9.53 Å². The summed E-state index contributed by atoms with van der Waals surface area (Å²) in [6.07, 6.45) is 0. The summed E-state index contributed by atoms with van der Waals surface area (Å²) in [4.78, 5) is 21.2. The van der Waals surface area contributed by atoms with E-state index in [4.69, 9.17) is 4.74 Å². The minimum Gasteiger partial charge on any atom is -0.497 e. The average molecular weight is 362 g/mol. The van der Waals surface area contributed by atoms with Gasteiger partial charge < -0.3 is 15.4 Å². The fourth-order valence-corrected chi connectivity index (χ4v) is 2.52. The molecule has 2 aromatic carbocycles. The summed E-state index contributed by atoms with van der Waals surface area (Å²) in [6.45, 7) is 4.27. The highest BCUT2D eigenvalue weighted by Crippen LogP contribution is 2.15. The molecule has 1 heterocycles. The molecule has 0 fully saturated rings. The lowest BCUT2D eigenvalue weighted by molar-refractivity contribution is 0.0945. The van der Waals surface area contributed by atoms with Crippen LogP contribution in [0.4, 0.5) is 11.6 Å². The van der Waals surface area contributed by atoms with Gasteiger partial charge in [0, 0.05) is 17.9 Å². The van der Waals surface area contributed by atoms with Crippen LogP contribution in [0.25, 0.3) is 0 Å². The van der Waals surface area contributed by atoms with E-state index in [1.54, 1.807) is 13.2 Å². The fourth-order valence-electron chi connectivity index (χ4n) is 2.52. The first kappa shape index (κ1) is 18.4. The molecule has 0 bridgehead atoms. The lowest BCUT2D eigenvalue weighted by Gasteiger charge is -2.09. The third kappa shape index (κ3) is 5.04. The van der Waals surface area contributed by atoms with Crippen LogP contribution in [0.1, 0.15) is 27.3 Å². The molecule has 0 saturated carbocycles. The summed E-state index contributed by atoms with van der Waals surface area (Å²) >= 11 is 0. The third-order valence-corrected chi connectivity index (χ3v) is 4.01. The molecule has 27 heavy (non-hydrogen) atoms. The zero-order valence-electron chi connectivity index (χ0n) is 15.6. The standard InChI is InChI=1S/C21H22N4O2/c1-14-4-8-17(9-5-14)24-21-23-15(2)12-19(25-21)20(26)22-13-16-6-10-18(27-3)11-7-16/h4-12H,13H2,1-3H3,(H,22,26)(H,23,24,25). The van der Waals surface area contributed by atoms with Crippen LogP contribution in [-0.4, -0.2) is 23.0 Å². The van der Waals surface area contributed by atoms with Crippen LogP contribution >= 0.6 is 0 Å². The maximum atomic E-state index is 12.5. The van der Waals surface area contributed by atoms with Gasteiger partial charge in [0.25, 0.3) is 5.91 Å². The summed E-state index contributed by atoms with van der Waals surface area (Å²) < 4.78 is 5.13. The van der Waals surface area contributed by atoms with E-state index in [1.165, 1.54) is 5.56 Å². The third-order valence-electron chi connectivity index (χ3n) is 4.01. The van der Waals surface area contributed by atoms with E-state index >= 15 is 0 Å². The summed E-state index contributed by atoms with van der Waals surface area (Å²) in [7, 11) is 1.62. The first-order valence-electron chi connectivity index (χ1n) is 8.64. The molecule has 0 radical (unpaired) electrons. The number of nitrogens with one attached hydrogen (secondary N) is 2. The number of hydrogen-bond donors (Lipinski definition) is 2. The van der Waals surface area contributed by atoms with Crippen LogP contribution in [0.2, 0.25) is 0 Å². The molecule has 6 heteroatoms. The van der Waals surface area contributed by atoms with E-state index in [2.05, 4.69) is 20.6 Å². The van der Waals surface area contributed by atoms with Crippen LogP contribution in [0.15, 0.2) is 54.6 Å². The molecule has 0 unspecified atom stereocenters. The number of rotatable bonds is 6. The smallest absolute Gasteiger partial charge is 0.270 e. The van der Waals surface area contributed by atoms with Crippen LogP contribution in [-0.2, 0) is 6.54 Å². The molecule has 1 aromatic heterocycles. The van der Waals surface area contributed by atoms with Crippen molar-refractivity contribution in [1.82, 2.24) is 15.3 Å². The van der Waals surface area contributed by atoms with E-state index in [9.17, 15) is 4.79 Å². The quantitative estimate of drug-likeness (QED) is 0.698. The summed E-state index contributed by atoms with van der Waals surface area (Å²) in [5.41, 5.74) is 4.06. The van der Waals surface area contributed by atoms with Crippen molar-refractivity contribution >= 4 is 17.5 Å². The van der Waals surface area contributed by atoms with Gasteiger partial charge in [0.2, 0.25) is 5.95 Å². The molecule has 1 amide bonds. The molecule has 0 aliphatic rings. The second kappa shape index (κ2) is 8.31. The Morgan fingerprint density at radius 1 is 1.00 bits per heavy atom. The Morgan fingerprint density at radius 2 is 1.70 bits per heavy atom. The number of anilines is 2. The number of aryl methyl sites for hydroxylation is 2. The normalized spacial score (nSPS) is 10.3. The molecule has 0 spiro atoms. The fraction of sp³-hybridized carbons (Fsp3) is 0.190. The Hall–Kier alpha value is -3.41. The van der Waals surface area contributed by atoms with E-state index < -0.39 is 0 Å². The SMILES string of the molecule is COc1ccc(CNC(=O)c2cc(C)nc(Nc3ccc(C)cc3)n2)cc1. The second-order valence-corrected chi connectivity index (χ2v) is 6.24. The van der Waals surface area contributed by atoms with E-state index in [1.807, 2.05) is 62.4 Å². The first-order chi connectivity index (χ1) is 13.0. The molecular formula is C21H22N4O2. The Labute approximate surface area is 158 Å². The number of aromatic nitrogens is 2. The van der Waals surface area contributed by atoms with Gasteiger partial charge in [-0.3, -0.25) is 4.79 Å². The van der Waals surface area contributed by atoms with Gasteiger partial charge in [-0.05, 0) is 49.7 Å². The second-order valence-electron chi connectivity index (χ2n) is 6.24. The van der Waals surface area contributed by atoms with Gasteiger partial charge in [-0.15, -0.1) is 0 Å².